The van der Waals surface area contributed by atoms with Gasteiger partial charge in [0.1, 0.15) is 0 Å². The quantitative estimate of drug-likeness (QED) is 0.391. The zero-order valence-corrected chi connectivity index (χ0v) is 19.4. The fraction of sp³-hybridized carbons (Fsp3) is 0.174. The average Bonchev–Trinajstić information content (AvgIpc) is 3.28. The predicted molar refractivity (Wildman–Crippen MR) is 106 cm³/mol. The van der Waals surface area contributed by atoms with Crippen molar-refractivity contribution in [1.82, 2.24) is 0 Å². The minimum atomic E-state index is 0. The van der Waals surface area contributed by atoms with Crippen molar-refractivity contribution < 1.29 is 54.2 Å². The molecule has 4 rings (SSSR count). The minimum absolute atomic E-state index is 0. The molecule has 0 saturated carbocycles. The van der Waals surface area contributed by atoms with Crippen LogP contribution in [0.15, 0.2) is 78.9 Å². The Morgan fingerprint density at radius 3 is 1.85 bits per heavy atom. The maximum Gasteiger partial charge on any atom is 0.0433 e. The first kappa shape index (κ1) is 26.0. The fourth-order valence-corrected chi connectivity index (χ4v) is 2.77. The smallest absolute Gasteiger partial charge is 0.0433 e. The fourth-order valence-electron chi connectivity index (χ4n) is 2.77. The molecule has 0 saturated heterocycles. The van der Waals surface area contributed by atoms with Crippen molar-refractivity contribution in [3.8, 4) is 0 Å². The maximum absolute atomic E-state index is 8.47. The van der Waals surface area contributed by atoms with Crippen LogP contribution in [-0.4, -0.2) is 15.4 Å². The van der Waals surface area contributed by atoms with Crippen molar-refractivity contribution in [2.24, 2.45) is 0 Å². The molecule has 1 N–H and O–H groups in total. The standard InChI is InChI=1S/C13H9.C8H11O.C2H4.2ClH.Zr/c1-3-7-12-10(5-1)9-11-6-2-4-8-13(11)12;9-7-3-6-8-4-1-2-5-8;1-2;;;/h1-9H;1-2,4-5,9H,3,6-7H2;1H,2H3;2*1H;/q2*-1;;;;+2/p-2. The van der Waals surface area contributed by atoms with E-state index in [1.54, 1.807) is 0 Å². The van der Waals surface area contributed by atoms with Gasteiger partial charge in [0.25, 0.3) is 0 Å². The van der Waals surface area contributed by atoms with E-state index in [4.69, 9.17) is 5.11 Å². The summed E-state index contributed by atoms with van der Waals surface area (Å²) in [6, 6.07) is 27.5. The molecule has 0 aliphatic heterocycles. The molecule has 0 heterocycles. The van der Waals surface area contributed by atoms with Gasteiger partial charge >= 0.3 is 34.9 Å². The van der Waals surface area contributed by atoms with Crippen molar-refractivity contribution in [3.05, 3.63) is 84.4 Å². The van der Waals surface area contributed by atoms with Gasteiger partial charge in [-0.1, -0.05) is 36.4 Å². The Morgan fingerprint density at radius 1 is 0.889 bits per heavy atom. The van der Waals surface area contributed by atoms with Crippen LogP contribution in [0, 0.1) is 0 Å². The van der Waals surface area contributed by atoms with Gasteiger partial charge in [0.05, 0.1) is 0 Å². The second kappa shape index (κ2) is 14.9. The number of hydrogen-bond donors (Lipinski definition) is 1. The molecule has 0 atom stereocenters. The van der Waals surface area contributed by atoms with Crippen LogP contribution in [0.25, 0.3) is 21.5 Å². The van der Waals surface area contributed by atoms with Gasteiger partial charge in [-0.05, 0) is 12.8 Å². The van der Waals surface area contributed by atoms with E-state index in [-0.39, 0.29) is 24.8 Å². The van der Waals surface area contributed by atoms with Crippen molar-refractivity contribution in [2.75, 3.05) is 6.61 Å². The summed E-state index contributed by atoms with van der Waals surface area (Å²) in [6.07, 6.45) is 1.88. The Kier molecular flexibility index (Phi) is 14.4. The number of aliphatic hydroxyl groups is 1. The summed E-state index contributed by atoms with van der Waals surface area (Å²) in [5.74, 6) is 0. The summed E-state index contributed by atoms with van der Waals surface area (Å²) >= 11 is 1.51. The molecule has 4 aromatic rings. The number of benzene rings is 2. The van der Waals surface area contributed by atoms with Gasteiger partial charge in [0, 0.05) is 6.61 Å². The van der Waals surface area contributed by atoms with Crippen LogP contribution < -0.4 is 24.8 Å². The van der Waals surface area contributed by atoms with Gasteiger partial charge < -0.3 is 29.9 Å². The third-order valence-corrected chi connectivity index (χ3v) is 3.88. The maximum atomic E-state index is 8.47. The molecule has 0 aliphatic carbocycles. The third kappa shape index (κ3) is 8.24. The van der Waals surface area contributed by atoms with Crippen molar-refractivity contribution in [2.45, 2.75) is 19.8 Å². The molecule has 1 nitrogen and oxygen atoms in total. The van der Waals surface area contributed by atoms with Crippen LogP contribution in [0.4, 0.5) is 0 Å². The Morgan fingerprint density at radius 2 is 1.41 bits per heavy atom. The summed E-state index contributed by atoms with van der Waals surface area (Å²) in [7, 11) is 0. The molecule has 27 heavy (non-hydrogen) atoms. The summed E-state index contributed by atoms with van der Waals surface area (Å²) < 4.78 is 2.09. The Balaban J connectivity index is 0.000000430. The van der Waals surface area contributed by atoms with E-state index in [1.165, 1.54) is 51.3 Å². The second-order valence-corrected chi connectivity index (χ2v) is 7.15. The molecule has 0 spiro atoms. The van der Waals surface area contributed by atoms with Crippen LogP contribution in [0.2, 0.25) is 0 Å². The first-order chi connectivity index (χ1) is 12.3. The number of hydrogen-bond acceptors (Lipinski definition) is 1. The van der Waals surface area contributed by atoms with Gasteiger partial charge in [-0.2, -0.15) is 17.7 Å². The minimum Gasteiger partial charge on any atom is -1.00 e. The first-order valence-electron chi connectivity index (χ1n) is 8.60. The van der Waals surface area contributed by atoms with Gasteiger partial charge in [-0.3, -0.25) is 0 Å². The molecule has 0 unspecified atom stereocenters. The van der Waals surface area contributed by atoms with E-state index >= 15 is 0 Å². The zero-order valence-electron chi connectivity index (χ0n) is 15.4. The Labute approximate surface area is 189 Å². The van der Waals surface area contributed by atoms with Crippen molar-refractivity contribution >= 4 is 25.3 Å². The SMILES string of the molecule is C[CH]=[Zr+2].OCCCc1ccc[cH-]1.[Cl-].[Cl-].c1ccc2c(c1)[cH-]c1ccccc12. The Hall–Kier alpha value is -1.05. The number of halogens is 2. The van der Waals surface area contributed by atoms with Gasteiger partial charge in [0.15, 0.2) is 0 Å². The first-order valence-corrected chi connectivity index (χ1v) is 10.0. The van der Waals surface area contributed by atoms with E-state index in [0.29, 0.717) is 6.61 Å². The summed E-state index contributed by atoms with van der Waals surface area (Å²) in [5, 5.41) is 13.9. The molecule has 4 aromatic carbocycles. The second-order valence-electron chi connectivity index (χ2n) is 5.73. The Bertz CT molecular complexity index is 831. The van der Waals surface area contributed by atoms with E-state index in [9.17, 15) is 0 Å². The van der Waals surface area contributed by atoms with Crippen molar-refractivity contribution in [1.29, 1.82) is 0 Å². The van der Waals surface area contributed by atoms with Gasteiger partial charge in [-0.15, -0.1) is 39.7 Å². The molecule has 0 fully saturated rings. The molecule has 0 aromatic heterocycles. The number of aryl methyl sites for hydroxylation is 1. The molecular weight excluding hydrogens is 454 g/mol. The normalized spacial score (nSPS) is 9.19. The van der Waals surface area contributed by atoms with E-state index in [2.05, 4.69) is 70.4 Å². The van der Waals surface area contributed by atoms with E-state index in [0.717, 1.165) is 12.8 Å². The van der Waals surface area contributed by atoms with Crippen molar-refractivity contribution in [3.63, 3.8) is 0 Å². The molecule has 4 heteroatoms. The van der Waals surface area contributed by atoms with Gasteiger partial charge in [-0.25, -0.2) is 12.1 Å². The molecule has 0 bridgehead atoms. The number of aliphatic hydroxyl groups excluding tert-OH is 1. The summed E-state index contributed by atoms with van der Waals surface area (Å²) in [4.78, 5) is 0. The number of rotatable bonds is 3. The number of fused-ring (bicyclic) bond motifs is 3. The van der Waals surface area contributed by atoms with E-state index < -0.39 is 0 Å². The summed E-state index contributed by atoms with van der Waals surface area (Å²) in [5.41, 5.74) is 1.32. The predicted octanol–water partition coefficient (Wildman–Crippen LogP) is -0.594. The molecule has 142 valence electrons. The zero-order chi connectivity index (χ0) is 17.9. The van der Waals surface area contributed by atoms with Gasteiger partial charge in [0.2, 0.25) is 0 Å². The molecule has 0 radical (unpaired) electrons. The van der Waals surface area contributed by atoms with Crippen LogP contribution in [0.1, 0.15) is 18.9 Å². The molecule has 0 amide bonds. The monoisotopic (exact) mass is 476 g/mol. The van der Waals surface area contributed by atoms with Crippen LogP contribution in [-0.2, 0) is 30.7 Å². The van der Waals surface area contributed by atoms with Crippen LogP contribution in [0.5, 0.6) is 0 Å². The average molecular weight is 479 g/mol. The van der Waals surface area contributed by atoms with Crippen LogP contribution >= 0.6 is 0 Å². The summed E-state index contributed by atoms with van der Waals surface area (Å²) in [6.45, 7) is 2.34. The van der Waals surface area contributed by atoms with E-state index in [1.807, 2.05) is 19.1 Å². The largest absolute Gasteiger partial charge is 1.00 e. The molecular formula is C23H24Cl2OZr-2. The molecule has 0 aliphatic rings. The topological polar surface area (TPSA) is 20.2 Å². The third-order valence-electron chi connectivity index (χ3n) is 3.88. The van der Waals surface area contributed by atoms with Crippen LogP contribution in [0.3, 0.4) is 0 Å².